The summed E-state index contributed by atoms with van der Waals surface area (Å²) in [7, 11) is 0. The van der Waals surface area contributed by atoms with Crippen LogP contribution in [0.25, 0.3) is 11.1 Å². The van der Waals surface area contributed by atoms with Crippen LogP contribution in [0.5, 0.6) is 5.75 Å². The molecule has 3 rings (SSSR count). The number of nitrogen functional groups attached to an aromatic ring is 1. The fourth-order valence-corrected chi connectivity index (χ4v) is 3.37. The second-order valence-corrected chi connectivity index (χ2v) is 6.26. The van der Waals surface area contributed by atoms with Crippen molar-refractivity contribution < 1.29 is 9.50 Å². The molecule has 0 radical (unpaired) electrons. The third kappa shape index (κ3) is 3.16. The van der Waals surface area contributed by atoms with E-state index >= 15 is 0 Å². The predicted octanol–water partition coefficient (Wildman–Crippen LogP) is 4.07. The number of aromatic hydroxyl groups is 1. The average molecular weight is 362 g/mol. The quantitative estimate of drug-likeness (QED) is 0.727. The molecule has 0 aliphatic carbocycles. The molecule has 1 aromatic heterocycles. The first-order valence-electron chi connectivity index (χ1n) is 7.40. The third-order valence-corrected chi connectivity index (χ3v) is 4.63. The van der Waals surface area contributed by atoms with Crippen LogP contribution in [0.1, 0.15) is 11.1 Å². The standard InChI is InChI=1S/C19H11FN4OS/c20-15-6-1-2-7-16(15)26-19-14(10-22)17(13(9-21)18(23)24-19)11-4-3-5-12(25)8-11/h1-8,25H,(H2,23,24). The van der Waals surface area contributed by atoms with Crippen LogP contribution in [-0.4, -0.2) is 10.1 Å². The van der Waals surface area contributed by atoms with E-state index in [9.17, 15) is 20.0 Å². The van der Waals surface area contributed by atoms with Crippen molar-refractivity contribution in [3.63, 3.8) is 0 Å². The van der Waals surface area contributed by atoms with Crippen LogP contribution in [0.4, 0.5) is 10.2 Å². The van der Waals surface area contributed by atoms with Gasteiger partial charge in [-0.05, 0) is 29.8 Å². The highest BCUT2D eigenvalue weighted by Gasteiger charge is 2.21. The van der Waals surface area contributed by atoms with Gasteiger partial charge < -0.3 is 10.8 Å². The van der Waals surface area contributed by atoms with Crippen LogP contribution in [0, 0.1) is 28.5 Å². The van der Waals surface area contributed by atoms with Crippen molar-refractivity contribution in [1.82, 2.24) is 4.98 Å². The van der Waals surface area contributed by atoms with Crippen molar-refractivity contribution in [1.29, 1.82) is 10.5 Å². The first-order valence-corrected chi connectivity index (χ1v) is 8.22. The highest BCUT2D eigenvalue weighted by atomic mass is 32.2. The minimum Gasteiger partial charge on any atom is -0.508 e. The van der Waals surface area contributed by atoms with Gasteiger partial charge in [-0.15, -0.1) is 0 Å². The van der Waals surface area contributed by atoms with Gasteiger partial charge >= 0.3 is 0 Å². The molecule has 0 saturated carbocycles. The molecule has 126 valence electrons. The minimum absolute atomic E-state index is 0.0195. The van der Waals surface area contributed by atoms with Gasteiger partial charge in [-0.2, -0.15) is 10.5 Å². The Balaban J connectivity index is 2.27. The summed E-state index contributed by atoms with van der Waals surface area (Å²) in [4.78, 5) is 4.41. The molecule has 0 aliphatic rings. The molecule has 3 N–H and O–H groups in total. The first-order chi connectivity index (χ1) is 12.5. The summed E-state index contributed by atoms with van der Waals surface area (Å²) in [6.45, 7) is 0. The van der Waals surface area contributed by atoms with Gasteiger partial charge in [0, 0.05) is 10.5 Å². The number of nitriles is 2. The van der Waals surface area contributed by atoms with E-state index in [4.69, 9.17) is 5.73 Å². The lowest BCUT2D eigenvalue weighted by Gasteiger charge is -2.13. The Labute approximate surface area is 153 Å². The highest BCUT2D eigenvalue weighted by molar-refractivity contribution is 7.99. The summed E-state index contributed by atoms with van der Waals surface area (Å²) < 4.78 is 14.0. The van der Waals surface area contributed by atoms with Gasteiger partial charge in [-0.25, -0.2) is 9.37 Å². The number of aromatic nitrogens is 1. The summed E-state index contributed by atoms with van der Waals surface area (Å²) in [6.07, 6.45) is 0. The Morgan fingerprint density at radius 2 is 1.77 bits per heavy atom. The topological polar surface area (TPSA) is 107 Å². The minimum atomic E-state index is -0.454. The van der Waals surface area contributed by atoms with Crippen molar-refractivity contribution in [3.8, 4) is 29.0 Å². The number of benzene rings is 2. The largest absolute Gasteiger partial charge is 0.508 e. The number of hydrogen-bond acceptors (Lipinski definition) is 6. The normalized spacial score (nSPS) is 10.1. The monoisotopic (exact) mass is 362 g/mol. The number of hydrogen-bond donors (Lipinski definition) is 2. The molecule has 0 fully saturated rings. The number of nitrogens with two attached hydrogens (primary N) is 1. The van der Waals surface area contributed by atoms with Crippen molar-refractivity contribution in [2.75, 3.05) is 5.73 Å². The van der Waals surface area contributed by atoms with Gasteiger partial charge in [0.2, 0.25) is 0 Å². The number of rotatable bonds is 3. The van der Waals surface area contributed by atoms with Crippen LogP contribution in [-0.2, 0) is 0 Å². The van der Waals surface area contributed by atoms with Crippen molar-refractivity contribution >= 4 is 17.6 Å². The van der Waals surface area contributed by atoms with Crippen LogP contribution in [0.15, 0.2) is 58.5 Å². The van der Waals surface area contributed by atoms with Gasteiger partial charge in [-0.1, -0.05) is 36.0 Å². The maximum atomic E-state index is 14.0. The molecule has 0 aliphatic heterocycles. The van der Waals surface area contributed by atoms with Crippen molar-refractivity contribution in [2.24, 2.45) is 0 Å². The molecule has 0 amide bonds. The summed E-state index contributed by atoms with van der Waals surface area (Å²) in [5.41, 5.74) is 6.74. The van der Waals surface area contributed by atoms with E-state index in [0.717, 1.165) is 11.8 Å². The van der Waals surface area contributed by atoms with Gasteiger partial charge in [0.05, 0.1) is 5.56 Å². The van der Waals surface area contributed by atoms with E-state index in [1.165, 1.54) is 18.2 Å². The Morgan fingerprint density at radius 3 is 2.42 bits per heavy atom. The van der Waals surface area contributed by atoms with E-state index < -0.39 is 5.82 Å². The van der Waals surface area contributed by atoms with Gasteiger partial charge in [0.15, 0.2) is 0 Å². The maximum absolute atomic E-state index is 14.0. The third-order valence-electron chi connectivity index (χ3n) is 3.59. The van der Waals surface area contributed by atoms with Gasteiger partial charge in [0.1, 0.15) is 40.1 Å². The van der Waals surface area contributed by atoms with Crippen LogP contribution in [0.2, 0.25) is 0 Å². The first kappa shape index (κ1) is 17.3. The SMILES string of the molecule is N#Cc1c(N)nc(Sc2ccccc2F)c(C#N)c1-c1cccc(O)c1. The number of anilines is 1. The Hall–Kier alpha value is -3.55. The number of phenolic OH excluding ortho intramolecular Hbond substituents is 1. The lowest BCUT2D eigenvalue weighted by Crippen LogP contribution is -2.03. The molecule has 0 unspecified atom stereocenters. The second-order valence-electron chi connectivity index (χ2n) is 5.23. The van der Waals surface area contributed by atoms with Gasteiger partial charge in [0.25, 0.3) is 0 Å². The summed E-state index contributed by atoms with van der Waals surface area (Å²) >= 11 is 0.951. The Morgan fingerprint density at radius 1 is 1.04 bits per heavy atom. The Bertz CT molecular complexity index is 1090. The lowest BCUT2D eigenvalue weighted by molar-refractivity contribution is 0.475. The van der Waals surface area contributed by atoms with Crippen molar-refractivity contribution in [3.05, 3.63) is 65.5 Å². The molecule has 1 heterocycles. The van der Waals surface area contributed by atoms with E-state index in [0.29, 0.717) is 5.56 Å². The molecular formula is C19H11FN4OS. The van der Waals surface area contributed by atoms with E-state index in [1.807, 2.05) is 12.1 Å². The highest BCUT2D eigenvalue weighted by Crippen LogP contribution is 2.39. The molecule has 0 saturated heterocycles. The summed E-state index contributed by atoms with van der Waals surface area (Å²) in [5.74, 6) is -0.539. The summed E-state index contributed by atoms with van der Waals surface area (Å²) in [6, 6.07) is 16.2. The molecule has 3 aromatic rings. The van der Waals surface area contributed by atoms with Crippen molar-refractivity contribution in [2.45, 2.75) is 9.92 Å². The second kappa shape index (κ2) is 7.14. The molecule has 7 heteroatoms. The fraction of sp³-hybridized carbons (Fsp3) is 0. The number of halogens is 1. The zero-order valence-electron chi connectivity index (χ0n) is 13.3. The number of phenols is 1. The smallest absolute Gasteiger partial charge is 0.143 e. The van der Waals surface area contributed by atoms with Crippen LogP contribution < -0.4 is 5.73 Å². The van der Waals surface area contributed by atoms with E-state index in [1.54, 1.807) is 30.3 Å². The molecule has 0 atom stereocenters. The number of pyridine rings is 1. The van der Waals surface area contributed by atoms with Crippen LogP contribution >= 0.6 is 11.8 Å². The number of nitrogens with zero attached hydrogens (tertiary/aromatic N) is 3. The van der Waals surface area contributed by atoms with Gasteiger partial charge in [-0.3, -0.25) is 0 Å². The van der Waals surface area contributed by atoms with Crippen LogP contribution in [0.3, 0.4) is 0 Å². The molecule has 2 aromatic carbocycles. The predicted molar refractivity (Wildman–Crippen MR) is 95.7 cm³/mol. The van der Waals surface area contributed by atoms with E-state index in [2.05, 4.69) is 4.98 Å². The molecule has 0 bridgehead atoms. The molecular weight excluding hydrogens is 351 g/mol. The van der Waals surface area contributed by atoms with E-state index in [-0.39, 0.29) is 38.2 Å². The maximum Gasteiger partial charge on any atom is 0.143 e. The molecule has 5 nitrogen and oxygen atoms in total. The average Bonchev–Trinajstić information content (AvgIpc) is 2.63. The summed E-state index contributed by atoms with van der Waals surface area (Å²) in [5, 5.41) is 29.1. The molecule has 26 heavy (non-hydrogen) atoms. The zero-order valence-corrected chi connectivity index (χ0v) is 14.1. The fourth-order valence-electron chi connectivity index (χ4n) is 2.45. The Kier molecular flexibility index (Phi) is 4.74. The molecule has 0 spiro atoms. The lowest BCUT2D eigenvalue weighted by atomic mass is 9.97. The zero-order chi connectivity index (χ0) is 18.7.